The van der Waals surface area contributed by atoms with Crippen molar-refractivity contribution in [1.29, 1.82) is 0 Å². The minimum absolute atomic E-state index is 0.0947. The maximum atomic E-state index is 13.9. The number of nitrogens with zero attached hydrogens (tertiary/aromatic N) is 3. The largest absolute Gasteiger partial charge is 0.466 e. The van der Waals surface area contributed by atoms with Gasteiger partial charge in [0.25, 0.3) is 0 Å². The summed E-state index contributed by atoms with van der Waals surface area (Å²) in [6, 6.07) is 5.00. The van der Waals surface area contributed by atoms with Crippen molar-refractivity contribution < 1.29 is 23.9 Å². The Labute approximate surface area is 290 Å². The van der Waals surface area contributed by atoms with Gasteiger partial charge in [-0.25, -0.2) is 14.6 Å². The van der Waals surface area contributed by atoms with Gasteiger partial charge in [-0.1, -0.05) is 42.6 Å². The number of carbonyl (C=O) groups is 3. The summed E-state index contributed by atoms with van der Waals surface area (Å²) >= 11 is 15.0. The third-order valence-corrected chi connectivity index (χ3v) is 11.0. The number of piperazine rings is 1. The van der Waals surface area contributed by atoms with Crippen LogP contribution < -0.4 is 10.6 Å². The number of allylic oxidation sites excluding steroid dienone is 1. The van der Waals surface area contributed by atoms with E-state index in [-0.39, 0.29) is 33.5 Å². The van der Waals surface area contributed by atoms with Crippen molar-refractivity contribution in [2.75, 3.05) is 60.0 Å². The van der Waals surface area contributed by atoms with Gasteiger partial charge in [0.15, 0.2) is 0 Å². The molecule has 1 atom stereocenters. The Morgan fingerprint density at radius 3 is 2.23 bits per heavy atom. The van der Waals surface area contributed by atoms with Crippen LogP contribution in [0.25, 0.3) is 0 Å². The second-order valence-electron chi connectivity index (χ2n) is 12.4. The number of amides is 1. The van der Waals surface area contributed by atoms with Crippen LogP contribution in [0.2, 0.25) is 10.0 Å². The fourth-order valence-corrected chi connectivity index (χ4v) is 8.12. The van der Waals surface area contributed by atoms with Crippen LogP contribution in [-0.2, 0) is 30.3 Å². The van der Waals surface area contributed by atoms with Crippen molar-refractivity contribution in [3.8, 4) is 0 Å². The first-order valence-corrected chi connectivity index (χ1v) is 17.8. The first-order valence-electron chi connectivity index (χ1n) is 16.1. The molecule has 1 saturated carbocycles. The van der Waals surface area contributed by atoms with Crippen molar-refractivity contribution in [2.24, 2.45) is 5.41 Å². The first-order chi connectivity index (χ1) is 22.7. The van der Waals surface area contributed by atoms with Gasteiger partial charge in [0, 0.05) is 84.3 Å². The number of dihydropyridines is 1. The Hall–Kier alpha value is -2.96. The summed E-state index contributed by atoms with van der Waals surface area (Å²) < 4.78 is 10.5. The van der Waals surface area contributed by atoms with Crippen molar-refractivity contribution in [2.45, 2.75) is 51.4 Å². The van der Waals surface area contributed by atoms with Gasteiger partial charge in [0.2, 0.25) is 5.91 Å². The summed E-state index contributed by atoms with van der Waals surface area (Å²) in [6.07, 6.45) is 6.26. The highest BCUT2D eigenvalue weighted by atomic mass is 35.5. The highest BCUT2D eigenvalue weighted by molar-refractivity contribution is 7.09. The highest BCUT2D eigenvalue weighted by Crippen LogP contribution is 2.46. The van der Waals surface area contributed by atoms with E-state index in [1.807, 2.05) is 10.3 Å². The van der Waals surface area contributed by atoms with E-state index in [0.717, 1.165) is 37.7 Å². The summed E-state index contributed by atoms with van der Waals surface area (Å²) in [6.45, 7) is 7.94. The van der Waals surface area contributed by atoms with Gasteiger partial charge in [-0.3, -0.25) is 9.69 Å². The molecule has 2 fully saturated rings. The van der Waals surface area contributed by atoms with Gasteiger partial charge in [0.1, 0.15) is 0 Å². The van der Waals surface area contributed by atoms with Crippen molar-refractivity contribution >= 4 is 52.4 Å². The van der Waals surface area contributed by atoms with Crippen molar-refractivity contribution in [3.05, 3.63) is 72.9 Å². The fourth-order valence-electron chi connectivity index (χ4n) is 6.88. The zero-order valence-corrected chi connectivity index (χ0v) is 29.5. The second kappa shape index (κ2) is 16.0. The maximum absolute atomic E-state index is 13.9. The number of thiazole rings is 1. The molecule has 2 aliphatic heterocycles. The van der Waals surface area contributed by atoms with Crippen LogP contribution in [0, 0.1) is 5.41 Å². The fraction of sp³-hybridized carbons (Fsp3) is 0.529. The third kappa shape index (κ3) is 8.03. The normalized spacial score (nSPS) is 19.7. The third-order valence-electron chi connectivity index (χ3n) is 9.48. The number of nitrogens with one attached hydrogen (secondary N) is 2. The van der Waals surface area contributed by atoms with Crippen LogP contribution in [0.15, 0.2) is 52.3 Å². The number of carbonyl (C=O) groups excluding carboxylic acids is 3. The van der Waals surface area contributed by atoms with Gasteiger partial charge in [-0.15, -0.1) is 11.3 Å². The smallest absolute Gasteiger partial charge is 0.336 e. The number of benzene rings is 1. The molecule has 254 valence electrons. The van der Waals surface area contributed by atoms with E-state index >= 15 is 0 Å². The Morgan fingerprint density at radius 1 is 1.02 bits per heavy atom. The molecule has 13 heteroatoms. The van der Waals surface area contributed by atoms with Crippen LogP contribution in [0.3, 0.4) is 0 Å². The Bertz CT molecular complexity index is 1500. The highest BCUT2D eigenvalue weighted by Gasteiger charge is 2.43. The number of ether oxygens (including phenoxy) is 2. The molecule has 0 spiro atoms. The molecule has 0 radical (unpaired) electrons. The van der Waals surface area contributed by atoms with Gasteiger partial charge >= 0.3 is 11.9 Å². The lowest BCUT2D eigenvalue weighted by molar-refractivity contribution is -0.137. The monoisotopic (exact) mass is 703 g/mol. The summed E-state index contributed by atoms with van der Waals surface area (Å²) in [5, 5.41) is 10.2. The summed E-state index contributed by atoms with van der Waals surface area (Å²) in [5.74, 6) is -2.49. The van der Waals surface area contributed by atoms with Crippen molar-refractivity contribution in [3.63, 3.8) is 0 Å². The SMILES string of the molecule is CCNCC1(CN2CCN(C(=O)CC3=C(C(=O)OC)C(c4c(Cl)cccc4Cl)C(C(=O)OC)=C(CCc4nccs4)N3)CC2)CCC1. The number of halogens is 2. The topological polar surface area (TPSA) is 113 Å². The number of esters is 2. The molecular formula is C34H43Cl2N5O5S. The number of methoxy groups -OCH3 is 2. The van der Waals surface area contributed by atoms with E-state index < -0.39 is 17.9 Å². The van der Waals surface area contributed by atoms with E-state index in [2.05, 4.69) is 27.4 Å². The summed E-state index contributed by atoms with van der Waals surface area (Å²) in [7, 11) is 2.55. The molecule has 0 bridgehead atoms. The number of hydrogen-bond donors (Lipinski definition) is 2. The van der Waals surface area contributed by atoms with E-state index in [1.165, 1.54) is 44.8 Å². The molecule has 1 aromatic heterocycles. The molecule has 10 nitrogen and oxygen atoms in total. The number of rotatable bonds is 13. The van der Waals surface area contributed by atoms with E-state index in [0.29, 0.717) is 48.3 Å². The lowest BCUT2D eigenvalue weighted by atomic mass is 9.68. The average molecular weight is 705 g/mol. The molecule has 1 aliphatic carbocycles. The molecular weight excluding hydrogens is 661 g/mol. The van der Waals surface area contributed by atoms with Crippen LogP contribution in [-0.4, -0.2) is 92.7 Å². The molecule has 1 saturated heterocycles. The van der Waals surface area contributed by atoms with Crippen LogP contribution in [0.1, 0.15) is 55.5 Å². The number of hydrogen-bond acceptors (Lipinski definition) is 10. The molecule has 1 unspecified atom stereocenters. The minimum atomic E-state index is -1.03. The van der Waals surface area contributed by atoms with E-state index in [4.69, 9.17) is 32.7 Å². The molecule has 1 amide bonds. The molecule has 3 heterocycles. The van der Waals surface area contributed by atoms with E-state index in [9.17, 15) is 14.4 Å². The van der Waals surface area contributed by atoms with E-state index in [1.54, 1.807) is 24.4 Å². The molecule has 47 heavy (non-hydrogen) atoms. The zero-order valence-electron chi connectivity index (χ0n) is 27.2. The number of aromatic nitrogens is 1. The van der Waals surface area contributed by atoms with Crippen LogP contribution >= 0.6 is 34.5 Å². The predicted octanol–water partition coefficient (Wildman–Crippen LogP) is 4.94. The molecule has 2 aromatic rings. The van der Waals surface area contributed by atoms with Gasteiger partial charge in [-0.2, -0.15) is 0 Å². The summed E-state index contributed by atoms with van der Waals surface area (Å²) in [5.41, 5.74) is 1.84. The minimum Gasteiger partial charge on any atom is -0.466 e. The molecule has 3 aliphatic rings. The quantitative estimate of drug-likeness (QED) is 0.280. The predicted molar refractivity (Wildman–Crippen MR) is 183 cm³/mol. The lowest BCUT2D eigenvalue weighted by Crippen LogP contribution is -2.54. The Morgan fingerprint density at radius 2 is 1.68 bits per heavy atom. The van der Waals surface area contributed by atoms with Gasteiger partial charge in [-0.05, 0) is 43.4 Å². The Kier molecular flexibility index (Phi) is 12.0. The Balaban J connectivity index is 1.44. The van der Waals surface area contributed by atoms with Crippen LogP contribution in [0.5, 0.6) is 0 Å². The lowest BCUT2D eigenvalue weighted by Gasteiger charge is -2.47. The van der Waals surface area contributed by atoms with Gasteiger partial charge in [0.05, 0.1) is 42.7 Å². The van der Waals surface area contributed by atoms with Crippen LogP contribution in [0.4, 0.5) is 0 Å². The van der Waals surface area contributed by atoms with Gasteiger partial charge < -0.3 is 25.0 Å². The molecule has 2 N–H and O–H groups in total. The second-order valence-corrected chi connectivity index (χ2v) is 14.1. The number of aryl methyl sites for hydroxylation is 1. The molecule has 1 aromatic carbocycles. The first kappa shape index (κ1) is 35.3. The molecule has 5 rings (SSSR count). The van der Waals surface area contributed by atoms with Crippen molar-refractivity contribution in [1.82, 2.24) is 25.4 Å². The maximum Gasteiger partial charge on any atom is 0.336 e. The zero-order chi connectivity index (χ0) is 33.6. The summed E-state index contributed by atoms with van der Waals surface area (Å²) in [4.78, 5) is 49.8. The standard InChI is InChI=1S/C34H43Cl2N5O5S/c1-4-37-20-34(11-6-12-34)21-40-14-16-41(17-15-40)27(42)19-25-30(33(44)46-3)31(28-22(35)7-5-8-23(28)36)29(32(43)45-2)24(39-25)9-10-26-38-13-18-47-26/h5,7-8,13,18,31,37,39H,4,6,9-12,14-17,19-21H2,1-3H3. The average Bonchev–Trinajstić information content (AvgIpc) is 3.58.